The van der Waals surface area contributed by atoms with E-state index in [2.05, 4.69) is 108 Å². The van der Waals surface area contributed by atoms with Gasteiger partial charge in [0.15, 0.2) is 34.9 Å². The number of aromatic amines is 6. The number of nitrogens with one attached hydrogen (secondary N) is 12. The summed E-state index contributed by atoms with van der Waals surface area (Å²) in [4.78, 5) is 83.5. The van der Waals surface area contributed by atoms with Gasteiger partial charge in [0.1, 0.15) is 92.4 Å². The first-order valence-corrected chi connectivity index (χ1v) is 41.3. The van der Waals surface area contributed by atoms with E-state index in [-0.39, 0.29) is 173 Å². The van der Waals surface area contributed by atoms with Crippen molar-refractivity contribution >= 4 is 70.4 Å². The predicted octanol–water partition coefficient (Wildman–Crippen LogP) is 18.0. The number of rotatable bonds is 21. The van der Waals surface area contributed by atoms with Gasteiger partial charge in [-0.3, -0.25) is 69.3 Å². The third-order valence-corrected chi connectivity index (χ3v) is 19.7. The van der Waals surface area contributed by atoms with E-state index in [4.69, 9.17) is 0 Å². The Balaban J connectivity index is 0.000000143. The highest BCUT2D eigenvalue weighted by Gasteiger charge is 2.31. The third kappa shape index (κ3) is 27.7. The number of aryl methyl sites for hydroxylation is 1. The maximum atomic E-state index is 13.3. The molecule has 0 saturated heterocycles. The fraction of sp³-hybridized carbons (Fsp3) is 0.0412. The minimum atomic E-state index is -4.49. The zero-order chi connectivity index (χ0) is 101. The molecule has 0 aliphatic heterocycles. The van der Waals surface area contributed by atoms with Gasteiger partial charge in [-0.2, -0.15) is 43.8 Å². The van der Waals surface area contributed by atoms with Crippen molar-refractivity contribution in [2.45, 2.75) is 25.4 Å². The van der Waals surface area contributed by atoms with Crippen LogP contribution in [0.25, 0.3) is 67.5 Å². The molecule has 10 aromatic carbocycles. The highest BCUT2D eigenvalue weighted by molar-refractivity contribution is 6.07. The van der Waals surface area contributed by atoms with Crippen molar-refractivity contribution in [3.05, 3.63) is 366 Å². The number of hydrogen-bond acceptors (Lipinski definition) is 23. The van der Waals surface area contributed by atoms with Crippen LogP contribution < -0.4 is 31.9 Å². The van der Waals surface area contributed by atoms with Gasteiger partial charge < -0.3 is 72.8 Å². The van der Waals surface area contributed by atoms with Crippen LogP contribution in [0.15, 0.2) is 286 Å². The molecule has 0 radical (unpaired) electrons. The first kappa shape index (κ1) is 99.7. The highest BCUT2D eigenvalue weighted by Crippen LogP contribution is 2.38. The van der Waals surface area contributed by atoms with Gasteiger partial charge in [0.2, 0.25) is 11.8 Å². The van der Waals surface area contributed by atoms with Gasteiger partial charge in [-0.25, -0.2) is 35.7 Å². The number of anilines is 6. The van der Waals surface area contributed by atoms with Crippen LogP contribution in [0.2, 0.25) is 0 Å². The lowest BCUT2D eigenvalue weighted by molar-refractivity contribution is -0.137. The van der Waals surface area contributed by atoms with E-state index < -0.39 is 64.4 Å². The Kier molecular flexibility index (Phi) is 32.3. The van der Waals surface area contributed by atoms with Gasteiger partial charge in [0.05, 0.1) is 63.5 Å². The number of phenolic OH excluding ortho intramolecular Hbond substituents is 8. The van der Waals surface area contributed by atoms with E-state index in [9.17, 15) is 114 Å². The van der Waals surface area contributed by atoms with Crippen molar-refractivity contribution in [2.24, 2.45) is 0 Å². The first-order chi connectivity index (χ1) is 68.1. The lowest BCUT2D eigenvalue weighted by atomic mass is 10.1. The van der Waals surface area contributed by atoms with Gasteiger partial charge in [0.25, 0.3) is 23.6 Å². The van der Waals surface area contributed by atoms with Crippen LogP contribution in [-0.4, -0.2) is 152 Å². The summed E-state index contributed by atoms with van der Waals surface area (Å²) in [5, 5.41) is 132. The zero-order valence-corrected chi connectivity index (χ0v) is 72.6. The Morgan fingerprint density at radius 1 is 0.296 bits per heavy atom. The van der Waals surface area contributed by atoms with Crippen LogP contribution in [0.1, 0.15) is 64.7 Å². The Labute approximate surface area is 792 Å². The summed E-state index contributed by atoms with van der Waals surface area (Å²) < 4.78 is 130. The molecule has 0 unspecified atom stereocenters. The largest absolute Gasteiger partial charge is 0.508 e. The van der Waals surface area contributed by atoms with Crippen LogP contribution in [0.4, 0.5) is 78.8 Å². The van der Waals surface area contributed by atoms with Crippen LogP contribution >= 0.6 is 0 Å². The fourth-order valence-electron chi connectivity index (χ4n) is 12.7. The Morgan fingerprint density at radius 2 is 0.634 bits per heavy atom. The zero-order valence-electron chi connectivity index (χ0n) is 72.6. The number of amides is 6. The molecule has 0 saturated carbocycles. The first-order valence-electron chi connectivity index (χ1n) is 41.3. The van der Waals surface area contributed by atoms with E-state index in [1.807, 2.05) is 0 Å². The summed E-state index contributed by atoms with van der Waals surface area (Å²) in [6.45, 7) is 0. The molecule has 0 fully saturated rings. The second-order valence-electron chi connectivity index (χ2n) is 29.8. The number of carbonyl (C=O) groups is 6. The maximum absolute atomic E-state index is 13.3. The molecular formula is C97H73F10N21O14. The van der Waals surface area contributed by atoms with Crippen LogP contribution in [-0.2, 0) is 28.6 Å². The standard InChI is InChI=1S/C18H16FN3O3.C17H11F4N3O2.C17H13F2N3O2.C16H12FN3O3.C15H11FN4O2.C14H10FN5O2/c19-12-4-7-16(24)14(9-12)15-10-17(22-21-15)20-18(25)8-3-11-1-5-13(23)6-2-11;18-11-5-6-14(25)12(7-11)13-8-15(24-23-13)22-16(26)9-1-3-10(4-2-9)17(19,20)21;18-11-3-1-10(2-4-11)7-17(24)20-16-9-14(21-22-16)13-8-12(19)5-6-15(13)23;17-9-5-6-14(22)11(7-9)12-8-15(20-19-12)18-16(23)10-3-1-2-4-13(10)21;16-10-3-4-13(21)11(6-10)12-7-14(20-19-12)18-15(22)9-2-1-5-17-8-9;15-8-1-2-12(21)9(5-8)10-6-13(20-19-10)18-14(22)11-7-16-3-4-17-11/h1-2,4-7,9-10,23-24H,3,8H2,(H2,20,21,22,25);1-8,25H,(H2,22,23,24,26);1-6,8-9,23H,7H2,(H2,20,21,22,24);1-8,21-22H,(H2,18,19,20,23);1-8,21H,(H2,18,19,20,22);1-7,21H,(H2,18,19,20,22). The molecule has 0 aliphatic carbocycles. The number of halogens is 10. The van der Waals surface area contributed by atoms with Gasteiger partial charge in [-0.1, -0.05) is 36.4 Å². The molecule has 18 aromatic rings. The Hall–Kier alpha value is -19.8. The molecule has 0 spiro atoms. The lowest BCUT2D eigenvalue weighted by Crippen LogP contribution is -2.14. The van der Waals surface area contributed by atoms with Crippen molar-refractivity contribution in [1.82, 2.24) is 76.1 Å². The van der Waals surface area contributed by atoms with Crippen molar-refractivity contribution in [2.75, 3.05) is 31.9 Å². The van der Waals surface area contributed by atoms with Crippen LogP contribution in [0.5, 0.6) is 46.0 Å². The molecule has 35 nitrogen and oxygen atoms in total. The molecule has 20 N–H and O–H groups in total. The maximum Gasteiger partial charge on any atom is 0.416 e. The highest BCUT2D eigenvalue weighted by atomic mass is 19.4. The topological polar surface area (TPSA) is 547 Å². The molecule has 0 bridgehead atoms. The second-order valence-corrected chi connectivity index (χ2v) is 29.8. The molecular weight excluding hydrogens is 1870 g/mol. The predicted molar refractivity (Wildman–Crippen MR) is 495 cm³/mol. The summed E-state index contributed by atoms with van der Waals surface area (Å²) in [5.74, 6) is -5.43. The number of alkyl halides is 3. The molecule has 0 aliphatic rings. The molecule has 142 heavy (non-hydrogen) atoms. The average molecular weight is 1950 g/mol. The number of benzene rings is 10. The average Bonchev–Trinajstić information content (AvgIpc) is 1.72. The van der Waals surface area contributed by atoms with Crippen molar-refractivity contribution in [3.8, 4) is 114 Å². The minimum absolute atomic E-state index is 0.0103. The minimum Gasteiger partial charge on any atom is -0.508 e. The summed E-state index contributed by atoms with van der Waals surface area (Å²) in [6.07, 6.45) is 3.52. The molecule has 8 aromatic heterocycles. The summed E-state index contributed by atoms with van der Waals surface area (Å²) >= 11 is 0. The molecule has 720 valence electrons. The van der Waals surface area contributed by atoms with E-state index >= 15 is 0 Å². The number of H-pyrrole nitrogens is 6. The van der Waals surface area contributed by atoms with Gasteiger partial charge in [0, 0.05) is 107 Å². The summed E-state index contributed by atoms with van der Waals surface area (Å²) in [7, 11) is 0. The molecule has 45 heteroatoms. The fourth-order valence-corrected chi connectivity index (χ4v) is 12.7. The van der Waals surface area contributed by atoms with Gasteiger partial charge in [-0.15, -0.1) is 0 Å². The number of pyridine rings is 1. The second kappa shape index (κ2) is 46.0. The van der Waals surface area contributed by atoms with Crippen molar-refractivity contribution < 1.29 is 114 Å². The van der Waals surface area contributed by atoms with E-state index in [1.165, 1.54) is 146 Å². The number of para-hydroxylation sites is 1. The molecule has 18 rings (SSSR count). The Bertz CT molecular complexity index is 7360. The van der Waals surface area contributed by atoms with Crippen LogP contribution in [0, 0.1) is 40.7 Å². The summed E-state index contributed by atoms with van der Waals surface area (Å²) in [6, 6.07) is 55.2. The number of phenols is 8. The number of hydrogen-bond donors (Lipinski definition) is 20. The smallest absolute Gasteiger partial charge is 0.416 e. The number of carbonyl (C=O) groups excluding carboxylic acids is 6. The van der Waals surface area contributed by atoms with E-state index in [0.717, 1.165) is 90.5 Å². The van der Waals surface area contributed by atoms with Crippen molar-refractivity contribution in [3.63, 3.8) is 0 Å². The SMILES string of the molecule is O=C(CCc1ccc(O)cc1)Nc1cc(-c2cc(F)ccc2O)[nH]n1.O=C(Cc1ccc(F)cc1)Nc1cc(-c2cc(F)ccc2O)[nH]n1.O=C(Nc1cc(-c2cc(F)ccc2O)[nH]n1)c1ccc(C(F)(F)F)cc1.O=C(Nc1cc(-c2cc(F)ccc2O)[nH]n1)c1ccccc1O.O=C(Nc1cc(-c2cc(F)ccc2O)[nH]n1)c1cccnc1.O=C(Nc1cc(-c2cc(F)ccc2O)[nH]n1)c1cnccn1. The van der Waals surface area contributed by atoms with Crippen LogP contribution in [0.3, 0.4) is 0 Å². The third-order valence-electron chi connectivity index (χ3n) is 19.7. The molecule has 6 amide bonds. The monoisotopic (exact) mass is 1950 g/mol. The quantitative estimate of drug-likeness (QED) is 0.0297. The Morgan fingerprint density at radius 3 is 0.993 bits per heavy atom. The van der Waals surface area contributed by atoms with E-state index in [0.29, 0.717) is 46.0 Å². The molecule has 8 heterocycles. The lowest BCUT2D eigenvalue weighted by Gasteiger charge is -2.07. The van der Waals surface area contributed by atoms with Gasteiger partial charge >= 0.3 is 6.18 Å². The number of nitrogens with zero attached hydrogens (tertiary/aromatic N) is 9. The summed E-state index contributed by atoms with van der Waals surface area (Å²) in [5.41, 5.74) is 4.85. The molecule has 0 atom stereocenters. The normalized spacial score (nSPS) is 10.7. The number of aromatic hydroxyl groups is 8. The van der Waals surface area contributed by atoms with Gasteiger partial charge in [-0.05, 0) is 200 Å². The van der Waals surface area contributed by atoms with E-state index in [1.54, 1.807) is 54.7 Å². The van der Waals surface area contributed by atoms with Crippen molar-refractivity contribution in [1.29, 1.82) is 0 Å². The number of aromatic nitrogens is 15.